The summed E-state index contributed by atoms with van der Waals surface area (Å²) in [6.45, 7) is 10.2. The molecule has 4 aromatic rings. The highest BCUT2D eigenvalue weighted by molar-refractivity contribution is 5.91. The number of unbranched alkanes of at least 4 members (excludes halogenated alkanes) is 15. The number of carbonyl (C=O) groups excluding carboxylic acids is 2. The zero-order valence-electron chi connectivity index (χ0n) is 37.0. The van der Waals surface area contributed by atoms with Crippen molar-refractivity contribution in [3.8, 4) is 34.1 Å². The zero-order valence-corrected chi connectivity index (χ0v) is 37.0. The van der Waals surface area contributed by atoms with Crippen molar-refractivity contribution in [3.05, 3.63) is 120 Å². The molecular weight excluding hydrogens is 761 g/mol. The fourth-order valence-corrected chi connectivity index (χ4v) is 6.87. The third-order valence-electron chi connectivity index (χ3n) is 10.6. The van der Waals surface area contributed by atoms with Crippen molar-refractivity contribution in [2.75, 3.05) is 26.4 Å². The molecule has 0 aromatic heterocycles. The average Bonchev–Trinajstić information content (AvgIpc) is 3.29. The van der Waals surface area contributed by atoms with Crippen LogP contribution in [0.25, 0.3) is 23.3 Å². The largest absolute Gasteiger partial charge is 0.494 e. The second kappa shape index (κ2) is 29.8. The minimum Gasteiger partial charge on any atom is -0.494 e. The Bertz CT molecular complexity index is 1840. The van der Waals surface area contributed by atoms with Crippen LogP contribution in [-0.4, -0.2) is 38.4 Å². The van der Waals surface area contributed by atoms with E-state index in [0.29, 0.717) is 37.7 Å². The summed E-state index contributed by atoms with van der Waals surface area (Å²) in [4.78, 5) is 24.1. The lowest BCUT2D eigenvalue weighted by molar-refractivity contribution is -0.137. The van der Waals surface area contributed by atoms with E-state index in [2.05, 4.69) is 38.6 Å². The number of benzene rings is 4. The molecule has 0 amide bonds. The van der Waals surface area contributed by atoms with Crippen LogP contribution in [0.2, 0.25) is 0 Å². The second-order valence-corrected chi connectivity index (χ2v) is 15.7. The van der Waals surface area contributed by atoms with Gasteiger partial charge in [0.1, 0.15) is 11.5 Å². The Hall–Kier alpha value is -5.30. The van der Waals surface area contributed by atoms with Crippen molar-refractivity contribution in [2.45, 2.75) is 129 Å². The number of ether oxygens (including phenoxy) is 5. The third-order valence-corrected chi connectivity index (χ3v) is 10.6. The minimum absolute atomic E-state index is 0.353. The van der Waals surface area contributed by atoms with Crippen molar-refractivity contribution < 1.29 is 33.3 Å². The number of rotatable bonds is 32. The van der Waals surface area contributed by atoms with E-state index in [1.54, 1.807) is 24.3 Å². The van der Waals surface area contributed by atoms with Gasteiger partial charge in [-0.3, -0.25) is 0 Å². The summed E-state index contributed by atoms with van der Waals surface area (Å²) in [7, 11) is 0. The molecule has 7 nitrogen and oxygen atoms in total. The molecule has 0 aliphatic heterocycles. The summed E-state index contributed by atoms with van der Waals surface area (Å²) in [5.74, 6) is 2.03. The highest BCUT2D eigenvalue weighted by Crippen LogP contribution is 2.30. The van der Waals surface area contributed by atoms with Gasteiger partial charge in [-0.1, -0.05) is 165 Å². The summed E-state index contributed by atoms with van der Waals surface area (Å²) in [6.07, 6.45) is 27.0. The van der Waals surface area contributed by atoms with Crippen molar-refractivity contribution in [3.63, 3.8) is 0 Å². The SMILES string of the molecule is C=CC(=O)OCCCCOc1ccc(-c2ccc(OC(=O)c3ccc(/C=C/c4ccc(OCCCCCCCCCC)c(OCCCCCCCCCC)c4)cc3)cc2)cc1. The van der Waals surface area contributed by atoms with E-state index in [1.165, 1.54) is 89.9 Å². The molecule has 0 spiro atoms. The number of hydrogen-bond acceptors (Lipinski definition) is 7. The Morgan fingerprint density at radius 2 is 0.934 bits per heavy atom. The van der Waals surface area contributed by atoms with E-state index in [-0.39, 0.29) is 0 Å². The van der Waals surface area contributed by atoms with Gasteiger partial charge in [-0.15, -0.1) is 0 Å². The van der Waals surface area contributed by atoms with Crippen molar-refractivity contribution in [1.29, 1.82) is 0 Å². The maximum atomic E-state index is 13.0. The van der Waals surface area contributed by atoms with Crippen LogP contribution in [0.1, 0.15) is 151 Å². The lowest BCUT2D eigenvalue weighted by Crippen LogP contribution is -2.08. The van der Waals surface area contributed by atoms with Crippen LogP contribution in [0, 0.1) is 0 Å². The van der Waals surface area contributed by atoms with Gasteiger partial charge in [0.05, 0.1) is 32.0 Å². The van der Waals surface area contributed by atoms with Gasteiger partial charge < -0.3 is 23.7 Å². The fourth-order valence-electron chi connectivity index (χ4n) is 6.87. The van der Waals surface area contributed by atoms with Crippen LogP contribution in [0.5, 0.6) is 23.0 Å². The van der Waals surface area contributed by atoms with Gasteiger partial charge >= 0.3 is 11.9 Å². The van der Waals surface area contributed by atoms with E-state index in [4.69, 9.17) is 23.7 Å². The number of carbonyl (C=O) groups is 2. The Balaban J connectivity index is 1.25. The molecule has 0 aliphatic rings. The molecule has 0 radical (unpaired) electrons. The maximum absolute atomic E-state index is 13.0. The summed E-state index contributed by atoms with van der Waals surface area (Å²) in [6, 6.07) is 28.9. The van der Waals surface area contributed by atoms with Crippen molar-refractivity contribution >= 4 is 24.1 Å². The first-order valence-corrected chi connectivity index (χ1v) is 23.0. The van der Waals surface area contributed by atoms with E-state index in [0.717, 1.165) is 71.3 Å². The molecule has 0 aliphatic carbocycles. The highest BCUT2D eigenvalue weighted by atomic mass is 16.5. The predicted octanol–water partition coefficient (Wildman–Crippen LogP) is 14.7. The van der Waals surface area contributed by atoms with E-state index >= 15 is 0 Å². The summed E-state index contributed by atoms with van der Waals surface area (Å²) >= 11 is 0. The van der Waals surface area contributed by atoms with Crippen LogP contribution < -0.4 is 18.9 Å². The molecule has 7 heteroatoms. The van der Waals surface area contributed by atoms with Crippen LogP contribution in [0.3, 0.4) is 0 Å². The Kier molecular flexibility index (Phi) is 23.7. The molecule has 0 atom stereocenters. The first-order chi connectivity index (χ1) is 30.0. The zero-order chi connectivity index (χ0) is 43.2. The molecule has 4 rings (SSSR count). The maximum Gasteiger partial charge on any atom is 0.343 e. The van der Waals surface area contributed by atoms with E-state index in [1.807, 2.05) is 60.7 Å². The third kappa shape index (κ3) is 19.8. The monoisotopic (exact) mass is 831 g/mol. The molecule has 0 fully saturated rings. The van der Waals surface area contributed by atoms with Crippen LogP contribution in [0.4, 0.5) is 0 Å². The molecule has 4 aromatic carbocycles. The van der Waals surface area contributed by atoms with E-state index in [9.17, 15) is 9.59 Å². The minimum atomic E-state index is -0.413. The van der Waals surface area contributed by atoms with Crippen molar-refractivity contribution in [2.24, 2.45) is 0 Å². The normalized spacial score (nSPS) is 11.0. The van der Waals surface area contributed by atoms with Crippen molar-refractivity contribution in [1.82, 2.24) is 0 Å². The molecule has 328 valence electrons. The summed E-state index contributed by atoms with van der Waals surface area (Å²) in [5, 5.41) is 0. The first-order valence-electron chi connectivity index (χ1n) is 23.0. The highest BCUT2D eigenvalue weighted by Gasteiger charge is 2.10. The lowest BCUT2D eigenvalue weighted by Gasteiger charge is -2.14. The van der Waals surface area contributed by atoms with Crippen LogP contribution in [0.15, 0.2) is 104 Å². The molecule has 0 unspecified atom stereocenters. The summed E-state index contributed by atoms with van der Waals surface area (Å²) < 4.78 is 29.1. The topological polar surface area (TPSA) is 80.3 Å². The molecule has 0 N–H and O–H groups in total. The first kappa shape index (κ1) is 48.4. The molecule has 0 bridgehead atoms. The Morgan fingerprint density at radius 1 is 0.475 bits per heavy atom. The summed E-state index contributed by atoms with van der Waals surface area (Å²) in [5.41, 5.74) is 4.49. The predicted molar refractivity (Wildman–Crippen MR) is 251 cm³/mol. The molecule has 0 heterocycles. The van der Waals surface area contributed by atoms with Gasteiger partial charge in [0.15, 0.2) is 11.5 Å². The van der Waals surface area contributed by atoms with Gasteiger partial charge in [0, 0.05) is 6.08 Å². The number of hydrogen-bond donors (Lipinski definition) is 0. The van der Waals surface area contributed by atoms with Gasteiger partial charge in [0.25, 0.3) is 0 Å². The van der Waals surface area contributed by atoms with Crippen LogP contribution in [-0.2, 0) is 9.53 Å². The molecule has 0 saturated heterocycles. The average molecular weight is 831 g/mol. The smallest absolute Gasteiger partial charge is 0.343 e. The van der Waals surface area contributed by atoms with Gasteiger partial charge in [-0.2, -0.15) is 0 Å². The van der Waals surface area contributed by atoms with Crippen LogP contribution >= 0.6 is 0 Å². The molecule has 61 heavy (non-hydrogen) atoms. The van der Waals surface area contributed by atoms with Gasteiger partial charge in [0.2, 0.25) is 0 Å². The Morgan fingerprint density at radius 3 is 1.51 bits per heavy atom. The van der Waals surface area contributed by atoms with Gasteiger partial charge in [-0.05, 0) is 96.5 Å². The number of esters is 2. The second-order valence-electron chi connectivity index (χ2n) is 15.7. The van der Waals surface area contributed by atoms with E-state index < -0.39 is 11.9 Å². The quantitative estimate of drug-likeness (QED) is 0.0159. The lowest BCUT2D eigenvalue weighted by atomic mass is 10.1. The standard InChI is InChI=1S/C54H70O7/c1-4-7-9-11-13-15-17-19-40-58-51-38-27-45(43-52(51)59-41-20-18-16-14-12-10-8-5-2)24-23-44-25-28-48(29-26-44)54(56)61-50-36-32-47(33-37-50)46-30-34-49(35-31-46)57-39-21-22-42-60-53(55)6-3/h6,23-38,43H,3-5,7-22,39-42H2,1-2H3/b24-23+. The molecule has 0 saturated carbocycles. The molecular formula is C54H70O7. The Labute approximate surface area is 366 Å². The fraction of sp³-hybridized carbons (Fsp3) is 0.444. The van der Waals surface area contributed by atoms with Gasteiger partial charge in [-0.25, -0.2) is 9.59 Å².